The fourth-order valence-electron chi connectivity index (χ4n) is 4.04. The highest BCUT2D eigenvalue weighted by molar-refractivity contribution is 6.09. The first-order valence-electron chi connectivity index (χ1n) is 9.99. The molecule has 0 aliphatic carbocycles. The molecular formula is C26H17N3O2. The minimum absolute atomic E-state index is 0.133. The van der Waals surface area contributed by atoms with Crippen molar-refractivity contribution in [3.63, 3.8) is 0 Å². The summed E-state index contributed by atoms with van der Waals surface area (Å²) in [6, 6.07) is 29.2. The Morgan fingerprint density at radius 1 is 0.742 bits per heavy atom. The van der Waals surface area contributed by atoms with Crippen molar-refractivity contribution in [1.82, 2.24) is 14.5 Å². The number of para-hydroxylation sites is 2. The van der Waals surface area contributed by atoms with Gasteiger partial charge < -0.3 is 9.84 Å². The van der Waals surface area contributed by atoms with Gasteiger partial charge >= 0.3 is 0 Å². The van der Waals surface area contributed by atoms with Crippen molar-refractivity contribution in [2.24, 2.45) is 0 Å². The molecule has 3 aromatic heterocycles. The molecule has 31 heavy (non-hydrogen) atoms. The number of phenolic OH excluding ortho intramolecular Hbond substituents is 1. The van der Waals surface area contributed by atoms with Gasteiger partial charge in [-0.15, -0.1) is 0 Å². The maximum absolute atomic E-state index is 10.1. The van der Waals surface area contributed by atoms with Crippen molar-refractivity contribution in [2.45, 2.75) is 0 Å². The van der Waals surface area contributed by atoms with Gasteiger partial charge in [0.05, 0.1) is 11.0 Å². The van der Waals surface area contributed by atoms with E-state index in [4.69, 9.17) is 4.74 Å². The van der Waals surface area contributed by atoms with Crippen LogP contribution in [0.4, 0.5) is 0 Å². The largest absolute Gasteiger partial charge is 0.506 e. The predicted molar refractivity (Wildman–Crippen MR) is 122 cm³/mol. The Hall–Kier alpha value is -4.38. The van der Waals surface area contributed by atoms with Gasteiger partial charge in [0.25, 0.3) is 0 Å². The van der Waals surface area contributed by atoms with Crippen molar-refractivity contribution in [2.75, 3.05) is 0 Å². The van der Waals surface area contributed by atoms with Gasteiger partial charge in [-0.1, -0.05) is 36.4 Å². The SMILES string of the molecule is Oc1cccc2ccc(Oc3ccc4c5ccccc5n(-c5ccccn5)c4c3)nc12. The minimum Gasteiger partial charge on any atom is -0.506 e. The summed E-state index contributed by atoms with van der Waals surface area (Å²) >= 11 is 0. The first kappa shape index (κ1) is 17.5. The van der Waals surface area contributed by atoms with Crippen LogP contribution in [0.15, 0.2) is 97.2 Å². The monoisotopic (exact) mass is 403 g/mol. The van der Waals surface area contributed by atoms with E-state index in [9.17, 15) is 5.11 Å². The van der Waals surface area contributed by atoms with Crippen LogP contribution in [0.3, 0.4) is 0 Å². The second-order valence-corrected chi connectivity index (χ2v) is 7.32. The number of benzene rings is 3. The average Bonchev–Trinajstić information content (AvgIpc) is 3.14. The fraction of sp³-hybridized carbons (Fsp3) is 0. The lowest BCUT2D eigenvalue weighted by molar-refractivity contribution is 0.460. The summed E-state index contributed by atoms with van der Waals surface area (Å²) in [6.07, 6.45) is 1.79. The maximum atomic E-state index is 10.1. The molecule has 3 heterocycles. The van der Waals surface area contributed by atoms with E-state index in [1.165, 1.54) is 0 Å². The second-order valence-electron chi connectivity index (χ2n) is 7.32. The number of aromatic hydroxyl groups is 1. The third-order valence-electron chi connectivity index (χ3n) is 5.42. The van der Waals surface area contributed by atoms with Crippen LogP contribution in [0.5, 0.6) is 17.4 Å². The first-order chi connectivity index (χ1) is 15.3. The molecule has 0 unspecified atom stereocenters. The van der Waals surface area contributed by atoms with E-state index in [-0.39, 0.29) is 5.75 Å². The molecular weight excluding hydrogens is 386 g/mol. The van der Waals surface area contributed by atoms with E-state index in [0.717, 1.165) is 33.0 Å². The predicted octanol–water partition coefficient (Wildman–Crippen LogP) is 6.22. The van der Waals surface area contributed by atoms with Crippen LogP contribution in [0, 0.1) is 0 Å². The van der Waals surface area contributed by atoms with Gasteiger partial charge in [-0.3, -0.25) is 4.57 Å². The number of nitrogens with zero attached hydrogens (tertiary/aromatic N) is 3. The number of hydrogen-bond acceptors (Lipinski definition) is 4. The van der Waals surface area contributed by atoms with E-state index in [0.29, 0.717) is 17.1 Å². The third-order valence-corrected chi connectivity index (χ3v) is 5.42. The van der Waals surface area contributed by atoms with Crippen molar-refractivity contribution in [3.8, 4) is 23.2 Å². The van der Waals surface area contributed by atoms with Crippen molar-refractivity contribution in [1.29, 1.82) is 0 Å². The van der Waals surface area contributed by atoms with Crippen LogP contribution in [0.2, 0.25) is 0 Å². The Kier molecular flexibility index (Phi) is 3.86. The fourth-order valence-corrected chi connectivity index (χ4v) is 4.04. The Labute approximate surface area is 177 Å². The zero-order valence-electron chi connectivity index (χ0n) is 16.4. The zero-order chi connectivity index (χ0) is 20.8. The topological polar surface area (TPSA) is 60.2 Å². The molecule has 0 fully saturated rings. The van der Waals surface area contributed by atoms with Gasteiger partial charge in [-0.05, 0) is 42.5 Å². The van der Waals surface area contributed by atoms with Gasteiger partial charge in [-0.2, -0.15) is 0 Å². The number of ether oxygens (including phenoxy) is 1. The van der Waals surface area contributed by atoms with Crippen molar-refractivity contribution >= 4 is 32.7 Å². The molecule has 0 bridgehead atoms. The van der Waals surface area contributed by atoms with Crippen LogP contribution < -0.4 is 4.74 Å². The number of rotatable bonds is 3. The van der Waals surface area contributed by atoms with Gasteiger partial charge in [-0.25, -0.2) is 9.97 Å². The van der Waals surface area contributed by atoms with E-state index in [1.54, 1.807) is 24.4 Å². The molecule has 6 aromatic rings. The molecule has 148 valence electrons. The molecule has 5 nitrogen and oxygen atoms in total. The normalized spacial score (nSPS) is 11.4. The molecule has 0 aliphatic rings. The molecule has 5 heteroatoms. The Balaban J connectivity index is 1.51. The highest BCUT2D eigenvalue weighted by Crippen LogP contribution is 2.35. The van der Waals surface area contributed by atoms with Crippen LogP contribution in [0.1, 0.15) is 0 Å². The second kappa shape index (κ2) is 6.85. The molecule has 3 aromatic carbocycles. The zero-order valence-corrected chi connectivity index (χ0v) is 16.4. The molecule has 6 rings (SSSR count). The number of aromatic nitrogens is 3. The van der Waals surface area contributed by atoms with Crippen molar-refractivity contribution in [3.05, 3.63) is 97.2 Å². The van der Waals surface area contributed by atoms with E-state index >= 15 is 0 Å². The third kappa shape index (κ3) is 2.87. The van der Waals surface area contributed by atoms with Crippen LogP contribution >= 0.6 is 0 Å². The summed E-state index contributed by atoms with van der Waals surface area (Å²) in [4.78, 5) is 9.04. The van der Waals surface area contributed by atoms with Crippen LogP contribution in [0.25, 0.3) is 38.5 Å². The summed E-state index contributed by atoms with van der Waals surface area (Å²) in [5.74, 6) is 2.07. The van der Waals surface area contributed by atoms with Crippen molar-refractivity contribution < 1.29 is 9.84 Å². The Morgan fingerprint density at radius 3 is 2.52 bits per heavy atom. The molecule has 1 N–H and O–H groups in total. The van der Waals surface area contributed by atoms with E-state index in [1.807, 2.05) is 54.6 Å². The van der Waals surface area contributed by atoms with Gasteiger partial charge in [0.2, 0.25) is 5.88 Å². The highest BCUT2D eigenvalue weighted by atomic mass is 16.5. The van der Waals surface area contributed by atoms with E-state index in [2.05, 4.69) is 32.7 Å². The summed E-state index contributed by atoms with van der Waals surface area (Å²) < 4.78 is 8.22. The Bertz CT molecular complexity index is 1570. The lowest BCUT2D eigenvalue weighted by Crippen LogP contribution is -1.96. The number of fused-ring (bicyclic) bond motifs is 4. The molecule has 0 saturated carbocycles. The van der Waals surface area contributed by atoms with Crippen LogP contribution in [-0.2, 0) is 0 Å². The lowest BCUT2D eigenvalue weighted by atomic mass is 10.1. The molecule has 0 atom stereocenters. The summed E-state index contributed by atoms with van der Waals surface area (Å²) in [5, 5.41) is 13.3. The molecule has 0 saturated heterocycles. The maximum Gasteiger partial charge on any atom is 0.219 e. The van der Waals surface area contributed by atoms with E-state index < -0.39 is 0 Å². The lowest BCUT2D eigenvalue weighted by Gasteiger charge is -2.09. The molecule has 0 spiro atoms. The summed E-state index contributed by atoms with van der Waals surface area (Å²) in [7, 11) is 0. The van der Waals surface area contributed by atoms with Gasteiger partial charge in [0, 0.05) is 34.5 Å². The summed E-state index contributed by atoms with van der Waals surface area (Å²) in [6.45, 7) is 0. The van der Waals surface area contributed by atoms with Gasteiger partial charge in [0.1, 0.15) is 22.8 Å². The number of hydrogen-bond donors (Lipinski definition) is 1. The molecule has 0 radical (unpaired) electrons. The summed E-state index contributed by atoms with van der Waals surface area (Å²) in [5.41, 5.74) is 2.60. The molecule has 0 aliphatic heterocycles. The quantitative estimate of drug-likeness (QED) is 0.381. The number of phenols is 1. The van der Waals surface area contributed by atoms with Gasteiger partial charge in [0.15, 0.2) is 0 Å². The molecule has 0 amide bonds. The number of pyridine rings is 2. The standard InChI is InChI=1S/C26H17N3O2/c30-23-9-5-6-17-11-14-25(28-26(17)23)31-18-12-13-20-19-7-1-2-8-21(19)29(22(20)16-18)24-10-3-4-15-27-24/h1-16,30H. The highest BCUT2D eigenvalue weighted by Gasteiger charge is 2.14. The smallest absolute Gasteiger partial charge is 0.219 e. The Morgan fingerprint density at radius 2 is 1.61 bits per heavy atom. The first-order valence-corrected chi connectivity index (χ1v) is 9.99. The van der Waals surface area contributed by atoms with Crippen LogP contribution in [-0.4, -0.2) is 19.6 Å². The minimum atomic E-state index is 0.133. The average molecular weight is 403 g/mol.